The van der Waals surface area contributed by atoms with E-state index >= 15 is 0 Å². The molecule has 0 spiro atoms. The molecule has 0 aliphatic heterocycles. The number of aromatic nitrogens is 2. The first kappa shape index (κ1) is 16.7. The van der Waals surface area contributed by atoms with Gasteiger partial charge in [-0.1, -0.05) is 49.4 Å². The van der Waals surface area contributed by atoms with Gasteiger partial charge >= 0.3 is 0 Å². The lowest BCUT2D eigenvalue weighted by Crippen LogP contribution is -2.34. The van der Waals surface area contributed by atoms with Gasteiger partial charge in [-0.2, -0.15) is 0 Å². The number of hydrogen-bond acceptors (Lipinski definition) is 4. The zero-order valence-corrected chi connectivity index (χ0v) is 14.2. The summed E-state index contributed by atoms with van der Waals surface area (Å²) in [7, 11) is 0. The van der Waals surface area contributed by atoms with Crippen molar-refractivity contribution in [1.29, 1.82) is 0 Å². The normalized spacial score (nSPS) is 15.5. The van der Waals surface area contributed by atoms with Crippen LogP contribution in [0.1, 0.15) is 48.9 Å². The number of hydrogen-bond donors (Lipinski definition) is 2. The van der Waals surface area contributed by atoms with Crippen LogP contribution in [0.4, 0.5) is 11.6 Å². The highest BCUT2D eigenvalue weighted by Gasteiger charge is 2.16. The summed E-state index contributed by atoms with van der Waals surface area (Å²) in [5.41, 5.74) is 1.21. The maximum Gasteiger partial charge on any atom is 0.254 e. The molecule has 1 fully saturated rings. The molecule has 126 valence electrons. The fraction of sp³-hybridized carbons (Fsp3) is 0.389. The number of carbonyl (C=O) groups is 1. The molecule has 2 aromatic rings. The van der Waals surface area contributed by atoms with Crippen molar-refractivity contribution in [3.05, 3.63) is 47.2 Å². The summed E-state index contributed by atoms with van der Waals surface area (Å²) >= 11 is 6.10. The Labute approximate surface area is 146 Å². The standard InChI is InChI=1S/C18H21ClN4O/c19-15-9-5-6-10-16(15)23-18-20-11-13(12-21-18)17(24)22-14-7-3-1-2-4-8-14/h5-6,9-12,14H,1-4,7-8H2,(H,22,24)(H,20,21,23). The van der Waals surface area contributed by atoms with Gasteiger partial charge in [0.2, 0.25) is 5.95 Å². The minimum atomic E-state index is -0.105. The Hall–Kier alpha value is -2.14. The summed E-state index contributed by atoms with van der Waals surface area (Å²) < 4.78 is 0. The molecule has 0 unspecified atom stereocenters. The predicted octanol–water partition coefficient (Wildman–Crippen LogP) is 4.33. The average Bonchev–Trinajstić information content (AvgIpc) is 2.86. The number of rotatable bonds is 4. The third-order valence-electron chi connectivity index (χ3n) is 4.22. The molecular weight excluding hydrogens is 324 g/mol. The monoisotopic (exact) mass is 344 g/mol. The molecule has 3 rings (SSSR count). The average molecular weight is 345 g/mol. The number of para-hydroxylation sites is 1. The van der Waals surface area contributed by atoms with Crippen molar-refractivity contribution in [2.75, 3.05) is 5.32 Å². The predicted molar refractivity (Wildman–Crippen MR) is 95.7 cm³/mol. The smallest absolute Gasteiger partial charge is 0.254 e. The minimum Gasteiger partial charge on any atom is -0.349 e. The van der Waals surface area contributed by atoms with Crippen LogP contribution in [0.2, 0.25) is 5.02 Å². The first-order valence-electron chi connectivity index (χ1n) is 8.37. The second kappa shape index (κ2) is 8.11. The molecule has 2 N–H and O–H groups in total. The lowest BCUT2D eigenvalue weighted by atomic mass is 10.1. The van der Waals surface area contributed by atoms with Crippen LogP contribution in [-0.2, 0) is 0 Å². The van der Waals surface area contributed by atoms with Crippen molar-refractivity contribution in [3.8, 4) is 0 Å². The molecule has 1 aliphatic carbocycles. The van der Waals surface area contributed by atoms with Gasteiger partial charge in [-0.3, -0.25) is 4.79 Å². The van der Waals surface area contributed by atoms with E-state index in [2.05, 4.69) is 20.6 Å². The fourth-order valence-corrected chi connectivity index (χ4v) is 3.07. The summed E-state index contributed by atoms with van der Waals surface area (Å²) in [5.74, 6) is 0.306. The van der Waals surface area contributed by atoms with E-state index in [-0.39, 0.29) is 11.9 Å². The second-order valence-corrected chi connectivity index (χ2v) is 6.47. The maximum absolute atomic E-state index is 12.3. The van der Waals surface area contributed by atoms with Crippen LogP contribution in [0.5, 0.6) is 0 Å². The molecule has 1 aromatic carbocycles. The summed E-state index contributed by atoms with van der Waals surface area (Å²) in [6, 6.07) is 7.63. The molecule has 0 radical (unpaired) electrons. The second-order valence-electron chi connectivity index (χ2n) is 6.06. The van der Waals surface area contributed by atoms with E-state index in [1.165, 1.54) is 38.1 Å². The SMILES string of the molecule is O=C(NC1CCCCCC1)c1cnc(Nc2ccccc2Cl)nc1. The largest absolute Gasteiger partial charge is 0.349 e. The zero-order chi connectivity index (χ0) is 16.8. The Morgan fingerprint density at radius 3 is 2.38 bits per heavy atom. The lowest BCUT2D eigenvalue weighted by molar-refractivity contribution is 0.0932. The first-order chi connectivity index (χ1) is 11.7. The van der Waals surface area contributed by atoms with E-state index in [0.29, 0.717) is 16.5 Å². The van der Waals surface area contributed by atoms with Crippen molar-refractivity contribution in [1.82, 2.24) is 15.3 Å². The topological polar surface area (TPSA) is 66.9 Å². The van der Waals surface area contributed by atoms with Crippen LogP contribution in [0, 0.1) is 0 Å². The van der Waals surface area contributed by atoms with Crippen molar-refractivity contribution in [2.24, 2.45) is 0 Å². The van der Waals surface area contributed by atoms with E-state index in [1.54, 1.807) is 6.07 Å². The van der Waals surface area contributed by atoms with E-state index in [0.717, 1.165) is 18.5 Å². The first-order valence-corrected chi connectivity index (χ1v) is 8.74. The van der Waals surface area contributed by atoms with Gasteiger partial charge in [-0.25, -0.2) is 9.97 Å². The molecule has 24 heavy (non-hydrogen) atoms. The van der Waals surface area contributed by atoms with Crippen molar-refractivity contribution in [2.45, 2.75) is 44.6 Å². The number of halogens is 1. The van der Waals surface area contributed by atoms with Gasteiger partial charge in [0.05, 0.1) is 16.3 Å². The van der Waals surface area contributed by atoms with Gasteiger partial charge in [-0.15, -0.1) is 0 Å². The maximum atomic E-state index is 12.3. The van der Waals surface area contributed by atoms with Gasteiger partial charge in [0.15, 0.2) is 0 Å². The molecule has 0 saturated heterocycles. The Kier molecular flexibility index (Phi) is 5.64. The van der Waals surface area contributed by atoms with E-state index < -0.39 is 0 Å². The number of carbonyl (C=O) groups excluding carboxylic acids is 1. The summed E-state index contributed by atoms with van der Waals surface area (Å²) in [6.07, 6.45) is 10.1. The van der Waals surface area contributed by atoms with Gasteiger partial charge in [-0.05, 0) is 25.0 Å². The molecule has 6 heteroatoms. The number of nitrogens with zero attached hydrogens (tertiary/aromatic N) is 2. The van der Waals surface area contributed by atoms with Gasteiger partial charge in [0.1, 0.15) is 0 Å². The van der Waals surface area contributed by atoms with Crippen molar-refractivity contribution in [3.63, 3.8) is 0 Å². The molecule has 1 saturated carbocycles. The van der Waals surface area contributed by atoms with Crippen molar-refractivity contribution >= 4 is 29.1 Å². The van der Waals surface area contributed by atoms with Gasteiger partial charge < -0.3 is 10.6 Å². The third kappa shape index (κ3) is 4.45. The van der Waals surface area contributed by atoms with Crippen LogP contribution >= 0.6 is 11.6 Å². The molecule has 0 atom stereocenters. The number of amides is 1. The molecule has 1 aromatic heterocycles. The zero-order valence-electron chi connectivity index (χ0n) is 13.5. The van der Waals surface area contributed by atoms with Gasteiger partial charge in [0, 0.05) is 18.4 Å². The van der Waals surface area contributed by atoms with Gasteiger partial charge in [0.25, 0.3) is 5.91 Å². The number of nitrogens with one attached hydrogen (secondary N) is 2. The quantitative estimate of drug-likeness (QED) is 0.810. The summed E-state index contributed by atoms with van der Waals surface area (Å²) in [5, 5.41) is 6.73. The van der Waals surface area contributed by atoms with E-state index in [1.807, 2.05) is 18.2 Å². The molecule has 5 nitrogen and oxygen atoms in total. The lowest BCUT2D eigenvalue weighted by Gasteiger charge is -2.16. The molecule has 1 heterocycles. The highest BCUT2D eigenvalue weighted by molar-refractivity contribution is 6.33. The fourth-order valence-electron chi connectivity index (χ4n) is 2.89. The van der Waals surface area contributed by atoms with Crippen LogP contribution in [0.25, 0.3) is 0 Å². The Bertz CT molecular complexity index is 682. The highest BCUT2D eigenvalue weighted by Crippen LogP contribution is 2.23. The Morgan fingerprint density at radius 2 is 1.71 bits per heavy atom. The molecule has 0 bridgehead atoms. The number of benzene rings is 1. The van der Waals surface area contributed by atoms with Crippen LogP contribution in [-0.4, -0.2) is 21.9 Å². The third-order valence-corrected chi connectivity index (χ3v) is 4.55. The van der Waals surface area contributed by atoms with E-state index in [9.17, 15) is 4.79 Å². The molecule has 1 amide bonds. The van der Waals surface area contributed by atoms with Crippen molar-refractivity contribution < 1.29 is 4.79 Å². The summed E-state index contributed by atoms with van der Waals surface area (Å²) in [6.45, 7) is 0. The highest BCUT2D eigenvalue weighted by atomic mass is 35.5. The minimum absolute atomic E-state index is 0.105. The van der Waals surface area contributed by atoms with Crippen LogP contribution in [0.3, 0.4) is 0 Å². The van der Waals surface area contributed by atoms with Crippen LogP contribution in [0.15, 0.2) is 36.7 Å². The Morgan fingerprint density at radius 1 is 1.04 bits per heavy atom. The summed E-state index contributed by atoms with van der Waals surface area (Å²) in [4.78, 5) is 20.7. The Balaban J connectivity index is 1.61. The van der Waals surface area contributed by atoms with Crippen LogP contribution < -0.4 is 10.6 Å². The van der Waals surface area contributed by atoms with E-state index in [4.69, 9.17) is 11.6 Å². The molecular formula is C18H21ClN4O. The molecule has 1 aliphatic rings. The number of anilines is 2.